The first-order valence-electron chi connectivity index (χ1n) is 4.90. The quantitative estimate of drug-likeness (QED) is 0.883. The molecule has 7 heteroatoms. The summed E-state index contributed by atoms with van der Waals surface area (Å²) in [5.41, 5.74) is -0.142. The third-order valence-electron chi connectivity index (χ3n) is 1.79. The summed E-state index contributed by atoms with van der Waals surface area (Å²) in [6.45, 7) is 6.76. The van der Waals surface area contributed by atoms with Crippen molar-refractivity contribution in [1.82, 2.24) is 4.72 Å². The van der Waals surface area contributed by atoms with Gasteiger partial charge in [0.2, 0.25) is 0 Å². The Morgan fingerprint density at radius 1 is 1.41 bits per heavy atom. The number of aryl methyl sites for hydroxylation is 1. The van der Waals surface area contributed by atoms with E-state index in [1.54, 1.807) is 27.7 Å². The number of carbonyl (C=O) groups is 1. The Morgan fingerprint density at radius 2 is 1.94 bits per heavy atom. The Balaban J connectivity index is 3.18. The molecule has 17 heavy (non-hydrogen) atoms. The van der Waals surface area contributed by atoms with Gasteiger partial charge in [-0.15, -0.1) is 11.3 Å². The summed E-state index contributed by atoms with van der Waals surface area (Å²) in [6, 6.07) is 1.38. The van der Waals surface area contributed by atoms with Crippen LogP contribution < -0.4 is 4.72 Å². The van der Waals surface area contributed by atoms with Crippen molar-refractivity contribution in [3.63, 3.8) is 0 Å². The van der Waals surface area contributed by atoms with E-state index in [0.717, 1.165) is 11.3 Å². The van der Waals surface area contributed by atoms with Gasteiger partial charge < -0.3 is 5.11 Å². The van der Waals surface area contributed by atoms with Gasteiger partial charge in [-0.05, 0) is 39.3 Å². The summed E-state index contributed by atoms with van der Waals surface area (Å²) < 4.78 is 26.4. The molecule has 0 aromatic carbocycles. The predicted octanol–water partition coefficient (Wildman–Crippen LogP) is 1.83. The number of carboxylic acids is 1. The highest BCUT2D eigenvalue weighted by atomic mass is 32.2. The van der Waals surface area contributed by atoms with Gasteiger partial charge in [0, 0.05) is 5.54 Å². The molecule has 2 N–H and O–H groups in total. The molecule has 0 unspecified atom stereocenters. The van der Waals surface area contributed by atoms with Crippen LogP contribution in [0.3, 0.4) is 0 Å². The number of hydrogen-bond donors (Lipinski definition) is 2. The van der Waals surface area contributed by atoms with E-state index in [1.165, 1.54) is 6.07 Å². The fourth-order valence-electron chi connectivity index (χ4n) is 1.25. The average molecular weight is 277 g/mol. The summed E-state index contributed by atoms with van der Waals surface area (Å²) in [4.78, 5) is 10.9. The maximum Gasteiger partial charge on any atom is 0.346 e. The van der Waals surface area contributed by atoms with Crippen molar-refractivity contribution in [3.05, 3.63) is 16.5 Å². The van der Waals surface area contributed by atoms with Crippen LogP contribution in [0.4, 0.5) is 0 Å². The number of aromatic carboxylic acids is 1. The molecule has 5 nitrogen and oxygen atoms in total. The van der Waals surface area contributed by atoms with E-state index < -0.39 is 21.5 Å². The highest BCUT2D eigenvalue weighted by Gasteiger charge is 2.25. The number of carboxylic acid groups (broad SMARTS) is 1. The topological polar surface area (TPSA) is 83.5 Å². The van der Waals surface area contributed by atoms with Crippen molar-refractivity contribution in [3.8, 4) is 0 Å². The van der Waals surface area contributed by atoms with Crippen molar-refractivity contribution in [1.29, 1.82) is 0 Å². The SMILES string of the molecule is Cc1cc(S(=O)(=O)NC(C)(C)C)sc1C(=O)O. The van der Waals surface area contributed by atoms with Crippen molar-refractivity contribution in [2.24, 2.45) is 0 Å². The first kappa shape index (κ1) is 14.1. The normalized spacial score (nSPS) is 12.7. The molecular formula is C10H15NO4S2. The molecule has 0 atom stereocenters. The van der Waals surface area contributed by atoms with Gasteiger partial charge in [0.25, 0.3) is 10.0 Å². The minimum absolute atomic E-state index is 0.0299. The third-order valence-corrected chi connectivity index (χ3v) is 5.25. The number of hydrogen-bond acceptors (Lipinski definition) is 4. The zero-order valence-corrected chi connectivity index (χ0v) is 11.7. The maximum absolute atomic E-state index is 11.9. The summed E-state index contributed by atoms with van der Waals surface area (Å²) in [6.07, 6.45) is 0. The monoisotopic (exact) mass is 277 g/mol. The Kier molecular flexibility index (Phi) is 3.66. The van der Waals surface area contributed by atoms with Gasteiger partial charge in [-0.3, -0.25) is 0 Å². The smallest absolute Gasteiger partial charge is 0.346 e. The second-order valence-electron chi connectivity index (χ2n) is 4.74. The van der Waals surface area contributed by atoms with Gasteiger partial charge in [0.1, 0.15) is 9.09 Å². The lowest BCUT2D eigenvalue weighted by molar-refractivity contribution is 0.0701. The average Bonchev–Trinajstić information content (AvgIpc) is 2.43. The van der Waals surface area contributed by atoms with Crippen LogP contribution in [0.5, 0.6) is 0 Å². The number of thiophene rings is 1. The molecule has 0 bridgehead atoms. The lowest BCUT2D eigenvalue weighted by Gasteiger charge is -2.19. The first-order valence-corrected chi connectivity index (χ1v) is 7.20. The molecular weight excluding hydrogens is 262 g/mol. The molecule has 1 aromatic heterocycles. The van der Waals surface area contributed by atoms with E-state index in [-0.39, 0.29) is 9.09 Å². The van der Waals surface area contributed by atoms with Gasteiger partial charge in [-0.1, -0.05) is 0 Å². The molecule has 1 heterocycles. The van der Waals surface area contributed by atoms with E-state index in [1.807, 2.05) is 0 Å². The maximum atomic E-state index is 11.9. The molecule has 0 aliphatic heterocycles. The van der Waals surface area contributed by atoms with Crippen molar-refractivity contribution in [2.45, 2.75) is 37.4 Å². The summed E-state index contributed by atoms with van der Waals surface area (Å²) in [7, 11) is -3.65. The van der Waals surface area contributed by atoms with Crippen LogP contribution >= 0.6 is 11.3 Å². The highest BCUT2D eigenvalue weighted by Crippen LogP contribution is 2.26. The Bertz CT molecular complexity index is 537. The Hall–Kier alpha value is -0.920. The van der Waals surface area contributed by atoms with Crippen LogP contribution in [0.1, 0.15) is 36.0 Å². The zero-order valence-electron chi connectivity index (χ0n) is 10.1. The van der Waals surface area contributed by atoms with Crippen molar-refractivity contribution >= 4 is 27.3 Å². The molecule has 0 saturated heterocycles. The van der Waals surface area contributed by atoms with Crippen LogP contribution in [-0.4, -0.2) is 25.0 Å². The molecule has 0 amide bonds. The molecule has 0 aliphatic rings. The van der Waals surface area contributed by atoms with Crippen LogP contribution in [0.15, 0.2) is 10.3 Å². The van der Waals surface area contributed by atoms with E-state index >= 15 is 0 Å². The van der Waals surface area contributed by atoms with E-state index in [0.29, 0.717) is 5.56 Å². The van der Waals surface area contributed by atoms with E-state index in [4.69, 9.17) is 5.11 Å². The standard InChI is InChI=1S/C10H15NO4S2/c1-6-5-7(16-8(6)9(12)13)17(14,15)11-10(2,3)4/h5,11H,1-4H3,(H,12,13). The fraction of sp³-hybridized carbons (Fsp3) is 0.500. The van der Waals surface area contributed by atoms with Crippen LogP contribution in [-0.2, 0) is 10.0 Å². The lowest BCUT2D eigenvalue weighted by Crippen LogP contribution is -2.40. The zero-order chi connectivity index (χ0) is 13.4. The largest absolute Gasteiger partial charge is 0.477 e. The van der Waals surface area contributed by atoms with Gasteiger partial charge in [-0.25, -0.2) is 17.9 Å². The Morgan fingerprint density at radius 3 is 2.29 bits per heavy atom. The molecule has 0 fully saturated rings. The van der Waals surface area contributed by atoms with Gasteiger partial charge in [0.05, 0.1) is 0 Å². The molecule has 0 radical (unpaired) electrons. The van der Waals surface area contributed by atoms with Gasteiger partial charge >= 0.3 is 5.97 Å². The van der Waals surface area contributed by atoms with Crippen molar-refractivity contribution in [2.75, 3.05) is 0 Å². The predicted molar refractivity (Wildman–Crippen MR) is 66.1 cm³/mol. The molecule has 0 saturated carbocycles. The van der Waals surface area contributed by atoms with Crippen LogP contribution in [0.25, 0.3) is 0 Å². The molecule has 0 aliphatic carbocycles. The Labute approximate surface area is 105 Å². The summed E-state index contributed by atoms with van der Waals surface area (Å²) in [5, 5.41) is 8.87. The summed E-state index contributed by atoms with van der Waals surface area (Å²) >= 11 is 0.765. The molecule has 96 valence electrons. The highest BCUT2D eigenvalue weighted by molar-refractivity contribution is 7.91. The first-order chi connectivity index (χ1) is 7.53. The van der Waals surface area contributed by atoms with Crippen LogP contribution in [0.2, 0.25) is 0 Å². The lowest BCUT2D eigenvalue weighted by atomic mass is 10.1. The minimum Gasteiger partial charge on any atom is -0.477 e. The van der Waals surface area contributed by atoms with E-state index in [2.05, 4.69) is 4.72 Å². The number of rotatable bonds is 3. The molecule has 0 spiro atoms. The van der Waals surface area contributed by atoms with Gasteiger partial charge in [-0.2, -0.15) is 0 Å². The summed E-state index contributed by atoms with van der Waals surface area (Å²) in [5.74, 6) is -1.11. The van der Waals surface area contributed by atoms with Gasteiger partial charge in [0.15, 0.2) is 0 Å². The molecule has 1 aromatic rings. The second-order valence-corrected chi connectivity index (χ2v) is 7.70. The van der Waals surface area contributed by atoms with Crippen molar-refractivity contribution < 1.29 is 18.3 Å². The third kappa shape index (κ3) is 3.52. The number of sulfonamides is 1. The second kappa shape index (κ2) is 4.40. The fourth-order valence-corrected chi connectivity index (χ4v) is 4.05. The van der Waals surface area contributed by atoms with E-state index in [9.17, 15) is 13.2 Å². The number of nitrogens with one attached hydrogen (secondary N) is 1. The molecule has 1 rings (SSSR count). The minimum atomic E-state index is -3.65. The van der Waals surface area contributed by atoms with Crippen LogP contribution in [0, 0.1) is 6.92 Å².